The summed E-state index contributed by atoms with van der Waals surface area (Å²) < 4.78 is 0. The monoisotopic (exact) mass is 228 g/mol. The first kappa shape index (κ1) is 15.2. The van der Waals surface area contributed by atoms with Gasteiger partial charge in [0.2, 0.25) is 0 Å². The molecule has 0 aromatic rings. The number of nitrogens with zero attached hydrogens (tertiary/aromatic N) is 2. The van der Waals surface area contributed by atoms with Crippen LogP contribution in [-0.4, -0.2) is 50.1 Å². The quantitative estimate of drug-likeness (QED) is 0.409. The van der Waals surface area contributed by atoms with E-state index in [0.29, 0.717) is 12.1 Å². The van der Waals surface area contributed by atoms with Gasteiger partial charge < -0.3 is 10.6 Å². The van der Waals surface area contributed by atoms with Gasteiger partial charge in [-0.3, -0.25) is 9.89 Å². The van der Waals surface area contributed by atoms with Gasteiger partial charge in [-0.2, -0.15) is 0 Å². The molecule has 4 nitrogen and oxygen atoms in total. The Bertz CT molecular complexity index is 191. The SMILES string of the molecule is CN=C(NC)NCCCN(C(C)C)C(C)C. The van der Waals surface area contributed by atoms with Gasteiger partial charge in [-0.15, -0.1) is 0 Å². The Morgan fingerprint density at radius 1 is 1.19 bits per heavy atom. The molecule has 0 aromatic heterocycles. The molecule has 0 radical (unpaired) electrons. The van der Waals surface area contributed by atoms with Gasteiger partial charge in [-0.1, -0.05) is 0 Å². The van der Waals surface area contributed by atoms with E-state index in [2.05, 4.69) is 48.2 Å². The summed E-state index contributed by atoms with van der Waals surface area (Å²) in [5, 5.41) is 6.28. The van der Waals surface area contributed by atoms with Crippen LogP contribution in [0.1, 0.15) is 34.1 Å². The van der Waals surface area contributed by atoms with Crippen molar-refractivity contribution < 1.29 is 0 Å². The highest BCUT2D eigenvalue weighted by molar-refractivity contribution is 5.79. The lowest BCUT2D eigenvalue weighted by atomic mass is 10.2. The van der Waals surface area contributed by atoms with Crippen molar-refractivity contribution in [3.8, 4) is 0 Å². The van der Waals surface area contributed by atoms with Gasteiger partial charge in [0.25, 0.3) is 0 Å². The fourth-order valence-electron chi connectivity index (χ4n) is 1.86. The van der Waals surface area contributed by atoms with E-state index in [1.807, 2.05) is 7.05 Å². The van der Waals surface area contributed by atoms with E-state index in [0.717, 1.165) is 25.5 Å². The summed E-state index contributed by atoms with van der Waals surface area (Å²) in [6, 6.07) is 1.23. The highest BCUT2D eigenvalue weighted by Gasteiger charge is 2.11. The molecule has 0 saturated carbocycles. The molecule has 0 rings (SSSR count). The molecule has 0 bridgehead atoms. The average Bonchev–Trinajstić information content (AvgIpc) is 2.22. The number of guanidine groups is 1. The second-order valence-electron chi connectivity index (χ2n) is 4.53. The molecule has 16 heavy (non-hydrogen) atoms. The van der Waals surface area contributed by atoms with Crippen LogP contribution < -0.4 is 10.6 Å². The third kappa shape index (κ3) is 5.95. The van der Waals surface area contributed by atoms with Crippen LogP contribution in [0.5, 0.6) is 0 Å². The minimum Gasteiger partial charge on any atom is -0.359 e. The molecule has 0 atom stereocenters. The zero-order chi connectivity index (χ0) is 12.6. The average molecular weight is 228 g/mol. The molecule has 0 saturated heterocycles. The molecule has 0 aliphatic carbocycles. The summed E-state index contributed by atoms with van der Waals surface area (Å²) >= 11 is 0. The lowest BCUT2D eigenvalue weighted by molar-refractivity contribution is 0.173. The van der Waals surface area contributed by atoms with Crippen LogP contribution in [0.4, 0.5) is 0 Å². The minimum atomic E-state index is 0.614. The Morgan fingerprint density at radius 2 is 1.75 bits per heavy atom. The predicted molar refractivity (Wildman–Crippen MR) is 72.0 cm³/mol. The van der Waals surface area contributed by atoms with Crippen LogP contribution in [-0.2, 0) is 0 Å². The van der Waals surface area contributed by atoms with Crippen molar-refractivity contribution in [3.05, 3.63) is 0 Å². The zero-order valence-electron chi connectivity index (χ0n) is 11.7. The third-order valence-electron chi connectivity index (χ3n) is 2.67. The van der Waals surface area contributed by atoms with Gasteiger partial charge >= 0.3 is 0 Å². The second-order valence-corrected chi connectivity index (χ2v) is 4.53. The summed E-state index contributed by atoms with van der Waals surface area (Å²) in [7, 11) is 3.66. The fourth-order valence-corrected chi connectivity index (χ4v) is 1.86. The molecule has 0 heterocycles. The predicted octanol–water partition coefficient (Wildman–Crippen LogP) is 1.29. The highest BCUT2D eigenvalue weighted by Crippen LogP contribution is 2.04. The molecule has 0 amide bonds. The van der Waals surface area contributed by atoms with Crippen LogP contribution in [0.3, 0.4) is 0 Å². The number of hydrogen-bond acceptors (Lipinski definition) is 2. The van der Waals surface area contributed by atoms with Gasteiger partial charge in [0.05, 0.1) is 0 Å². The van der Waals surface area contributed by atoms with E-state index in [4.69, 9.17) is 0 Å². The highest BCUT2D eigenvalue weighted by atomic mass is 15.2. The molecule has 4 heteroatoms. The molecule has 0 unspecified atom stereocenters. The summed E-state index contributed by atoms with van der Waals surface area (Å²) in [6.07, 6.45) is 1.14. The van der Waals surface area contributed by atoms with Crippen LogP contribution in [0.25, 0.3) is 0 Å². The summed E-state index contributed by atoms with van der Waals surface area (Å²) in [6.45, 7) is 11.1. The molecule has 0 spiro atoms. The smallest absolute Gasteiger partial charge is 0.190 e. The minimum absolute atomic E-state index is 0.614. The molecule has 2 N–H and O–H groups in total. The van der Waals surface area contributed by atoms with Gasteiger partial charge in [0, 0.05) is 39.3 Å². The molecule has 96 valence electrons. The summed E-state index contributed by atoms with van der Waals surface area (Å²) in [5.74, 6) is 0.862. The van der Waals surface area contributed by atoms with E-state index < -0.39 is 0 Å². The number of rotatable bonds is 6. The Hall–Kier alpha value is -0.770. The third-order valence-corrected chi connectivity index (χ3v) is 2.67. The van der Waals surface area contributed by atoms with Crippen LogP contribution >= 0.6 is 0 Å². The molecule has 0 aliphatic heterocycles. The largest absolute Gasteiger partial charge is 0.359 e. The normalized spacial score (nSPS) is 12.7. The fraction of sp³-hybridized carbons (Fsp3) is 0.917. The molecular weight excluding hydrogens is 200 g/mol. The Kier molecular flexibility index (Phi) is 7.99. The van der Waals surface area contributed by atoms with Crippen LogP contribution in [0, 0.1) is 0 Å². The number of nitrogens with one attached hydrogen (secondary N) is 2. The van der Waals surface area contributed by atoms with Crippen LogP contribution in [0.2, 0.25) is 0 Å². The van der Waals surface area contributed by atoms with Crippen molar-refractivity contribution in [2.75, 3.05) is 27.2 Å². The lowest BCUT2D eigenvalue weighted by Gasteiger charge is -2.30. The van der Waals surface area contributed by atoms with Gasteiger partial charge in [0.15, 0.2) is 5.96 Å². The first-order chi connectivity index (χ1) is 7.52. The van der Waals surface area contributed by atoms with E-state index in [1.165, 1.54) is 0 Å². The lowest BCUT2D eigenvalue weighted by Crippen LogP contribution is -2.40. The van der Waals surface area contributed by atoms with E-state index >= 15 is 0 Å². The topological polar surface area (TPSA) is 39.7 Å². The Labute approximate surface area is 101 Å². The Morgan fingerprint density at radius 3 is 2.12 bits per heavy atom. The Balaban J connectivity index is 3.79. The maximum absolute atomic E-state index is 4.07. The molecule has 0 aromatic carbocycles. The first-order valence-electron chi connectivity index (χ1n) is 6.17. The van der Waals surface area contributed by atoms with Crippen molar-refractivity contribution in [2.24, 2.45) is 4.99 Å². The van der Waals surface area contributed by atoms with Crippen molar-refractivity contribution in [1.29, 1.82) is 0 Å². The van der Waals surface area contributed by atoms with E-state index in [9.17, 15) is 0 Å². The molecule has 0 aliphatic rings. The maximum atomic E-state index is 4.07. The van der Waals surface area contributed by atoms with Gasteiger partial charge in [-0.25, -0.2) is 0 Å². The second kappa shape index (κ2) is 8.39. The zero-order valence-corrected chi connectivity index (χ0v) is 11.7. The standard InChI is InChI=1S/C12H28N4/c1-10(2)16(11(3)4)9-7-8-15-12(13-5)14-6/h10-11H,7-9H2,1-6H3,(H2,13,14,15). The van der Waals surface area contributed by atoms with Crippen molar-refractivity contribution >= 4 is 5.96 Å². The maximum Gasteiger partial charge on any atom is 0.190 e. The number of hydrogen-bond donors (Lipinski definition) is 2. The van der Waals surface area contributed by atoms with E-state index in [1.54, 1.807) is 7.05 Å². The molecule has 0 fully saturated rings. The van der Waals surface area contributed by atoms with Crippen LogP contribution in [0.15, 0.2) is 4.99 Å². The van der Waals surface area contributed by atoms with Gasteiger partial charge in [-0.05, 0) is 34.1 Å². The summed E-state index contributed by atoms with van der Waals surface area (Å²) in [4.78, 5) is 6.58. The molecular formula is C12H28N4. The van der Waals surface area contributed by atoms with Crippen molar-refractivity contribution in [1.82, 2.24) is 15.5 Å². The first-order valence-corrected chi connectivity index (χ1v) is 6.17. The summed E-state index contributed by atoms with van der Waals surface area (Å²) in [5.41, 5.74) is 0. The van der Waals surface area contributed by atoms with Gasteiger partial charge in [0.1, 0.15) is 0 Å². The van der Waals surface area contributed by atoms with E-state index in [-0.39, 0.29) is 0 Å². The van der Waals surface area contributed by atoms with Crippen molar-refractivity contribution in [3.63, 3.8) is 0 Å². The van der Waals surface area contributed by atoms with Crippen molar-refractivity contribution in [2.45, 2.75) is 46.2 Å². The number of aliphatic imine (C=N–C) groups is 1.